The lowest BCUT2D eigenvalue weighted by molar-refractivity contribution is 0.0942. The molecule has 3 aromatic rings. The van der Waals surface area contributed by atoms with Crippen LogP contribution in [0.3, 0.4) is 0 Å². The van der Waals surface area contributed by atoms with Crippen LogP contribution in [-0.4, -0.2) is 28.4 Å². The molecule has 3 rings (SSSR count). The zero-order valence-corrected chi connectivity index (χ0v) is 18.2. The van der Waals surface area contributed by atoms with Crippen molar-refractivity contribution in [2.45, 2.75) is 38.5 Å². The molecule has 0 saturated heterocycles. The Morgan fingerprint density at radius 3 is 1.75 bits per heavy atom. The number of phenolic OH excluding ortho intramolecular Hbond substituents is 2. The fraction of sp³-hybridized carbons (Fsp3) is 0.259. The molecule has 0 aromatic heterocycles. The predicted octanol–water partition coefficient (Wildman–Crippen LogP) is 5.91. The Morgan fingerprint density at radius 2 is 1.28 bits per heavy atom. The molecule has 166 valence electrons. The minimum absolute atomic E-state index is 0.0486. The van der Waals surface area contributed by atoms with Crippen LogP contribution in [0.15, 0.2) is 72.8 Å². The molecule has 2 N–H and O–H groups in total. The molecule has 0 spiro atoms. The minimum Gasteiger partial charge on any atom is -0.507 e. The summed E-state index contributed by atoms with van der Waals surface area (Å²) in [5.74, 6) is -0.340. The van der Waals surface area contributed by atoms with Gasteiger partial charge in [-0.25, -0.2) is 0 Å². The molecule has 0 aliphatic heterocycles. The van der Waals surface area contributed by atoms with Gasteiger partial charge in [0, 0.05) is 12.8 Å². The smallest absolute Gasteiger partial charge is 0.167 e. The van der Waals surface area contributed by atoms with E-state index in [9.17, 15) is 19.8 Å². The lowest BCUT2D eigenvalue weighted by Crippen LogP contribution is -2.13. The second-order valence-corrected chi connectivity index (χ2v) is 7.76. The Bertz CT molecular complexity index is 996. The van der Waals surface area contributed by atoms with E-state index in [2.05, 4.69) is 6.92 Å². The second-order valence-electron chi connectivity index (χ2n) is 7.76. The molecule has 32 heavy (non-hydrogen) atoms. The van der Waals surface area contributed by atoms with E-state index in [1.54, 1.807) is 36.4 Å². The van der Waals surface area contributed by atoms with Crippen LogP contribution < -0.4 is 4.74 Å². The highest BCUT2D eigenvalue weighted by atomic mass is 16.5. The van der Waals surface area contributed by atoms with Crippen molar-refractivity contribution < 1.29 is 24.5 Å². The van der Waals surface area contributed by atoms with Gasteiger partial charge in [0.1, 0.15) is 17.2 Å². The summed E-state index contributed by atoms with van der Waals surface area (Å²) >= 11 is 0. The van der Waals surface area contributed by atoms with Crippen molar-refractivity contribution in [1.29, 1.82) is 0 Å². The largest absolute Gasteiger partial charge is 0.507 e. The Labute approximate surface area is 188 Å². The van der Waals surface area contributed by atoms with Crippen molar-refractivity contribution in [1.82, 2.24) is 0 Å². The number of Topliss-reactive ketones (excluding diaryl/α,β-unsaturated/α-hetero) is 2. The van der Waals surface area contributed by atoms with Crippen LogP contribution in [0.5, 0.6) is 17.2 Å². The van der Waals surface area contributed by atoms with Gasteiger partial charge in [-0.05, 0) is 54.3 Å². The van der Waals surface area contributed by atoms with E-state index in [1.807, 2.05) is 24.3 Å². The molecule has 0 aliphatic rings. The number of ether oxygens (including phenoxy) is 1. The average Bonchev–Trinajstić information content (AvgIpc) is 2.80. The van der Waals surface area contributed by atoms with Crippen molar-refractivity contribution in [2.24, 2.45) is 0 Å². The molecule has 0 amide bonds. The van der Waals surface area contributed by atoms with Gasteiger partial charge in [-0.15, -0.1) is 0 Å². The van der Waals surface area contributed by atoms with E-state index in [0.717, 1.165) is 24.2 Å². The average molecular weight is 433 g/mol. The third-order valence-electron chi connectivity index (χ3n) is 5.39. The van der Waals surface area contributed by atoms with Crippen molar-refractivity contribution >= 4 is 11.6 Å². The van der Waals surface area contributed by atoms with E-state index in [-0.39, 0.29) is 47.0 Å². The highest BCUT2D eigenvalue weighted by molar-refractivity contribution is 6.01. The standard InChI is InChI=1S/C27H28O5/c1-2-3-16-32-21-14-12-19(13-15-21)20(17-26(30)22-8-4-6-10-24(22)28)18-27(31)23-9-5-7-11-25(23)29/h4-15,20,28-29H,2-3,16-18H2,1H3. The van der Waals surface area contributed by atoms with Crippen LogP contribution in [-0.2, 0) is 0 Å². The van der Waals surface area contributed by atoms with Crippen molar-refractivity contribution in [3.63, 3.8) is 0 Å². The molecule has 0 atom stereocenters. The summed E-state index contributed by atoms with van der Waals surface area (Å²) in [4.78, 5) is 25.9. The lowest BCUT2D eigenvalue weighted by Gasteiger charge is -2.18. The number of benzene rings is 3. The molecule has 3 aromatic carbocycles. The maximum atomic E-state index is 12.9. The quantitative estimate of drug-likeness (QED) is 0.291. The van der Waals surface area contributed by atoms with E-state index in [0.29, 0.717) is 6.61 Å². The first-order chi connectivity index (χ1) is 15.5. The molecule has 0 aliphatic carbocycles. The molecule has 0 unspecified atom stereocenters. The van der Waals surface area contributed by atoms with Crippen molar-refractivity contribution in [3.05, 3.63) is 89.5 Å². The SMILES string of the molecule is CCCCOc1ccc(C(CC(=O)c2ccccc2O)CC(=O)c2ccccc2O)cc1. The Kier molecular flexibility index (Phi) is 8.03. The highest BCUT2D eigenvalue weighted by Crippen LogP contribution is 2.31. The zero-order chi connectivity index (χ0) is 22.9. The van der Waals surface area contributed by atoms with Gasteiger partial charge in [-0.2, -0.15) is 0 Å². The van der Waals surface area contributed by atoms with Gasteiger partial charge in [-0.1, -0.05) is 49.7 Å². The van der Waals surface area contributed by atoms with E-state index in [4.69, 9.17) is 4.74 Å². The minimum atomic E-state index is -0.418. The van der Waals surface area contributed by atoms with Crippen LogP contribution in [0.4, 0.5) is 0 Å². The number of phenols is 2. The number of ketones is 2. The van der Waals surface area contributed by atoms with Crippen LogP contribution in [0.25, 0.3) is 0 Å². The molecule has 0 saturated carbocycles. The summed E-state index contributed by atoms with van der Waals surface area (Å²) in [6.45, 7) is 2.73. The number of aromatic hydroxyl groups is 2. The fourth-order valence-corrected chi connectivity index (χ4v) is 3.56. The number of carbonyl (C=O) groups excluding carboxylic acids is 2. The summed E-state index contributed by atoms with van der Waals surface area (Å²) in [6, 6.07) is 20.2. The van der Waals surface area contributed by atoms with Gasteiger partial charge in [0.25, 0.3) is 0 Å². The van der Waals surface area contributed by atoms with E-state index in [1.165, 1.54) is 12.1 Å². The topological polar surface area (TPSA) is 83.8 Å². The van der Waals surface area contributed by atoms with Gasteiger partial charge in [0.2, 0.25) is 0 Å². The second kappa shape index (κ2) is 11.1. The summed E-state index contributed by atoms with van der Waals surface area (Å²) in [5.41, 5.74) is 1.28. The zero-order valence-electron chi connectivity index (χ0n) is 18.2. The van der Waals surface area contributed by atoms with Gasteiger partial charge in [0.15, 0.2) is 11.6 Å². The summed E-state index contributed by atoms with van der Waals surface area (Å²) in [6.07, 6.45) is 2.11. The van der Waals surface area contributed by atoms with Gasteiger partial charge in [-0.3, -0.25) is 9.59 Å². The van der Waals surface area contributed by atoms with Crippen LogP contribution >= 0.6 is 0 Å². The van der Waals surface area contributed by atoms with Crippen LogP contribution in [0, 0.1) is 0 Å². The maximum Gasteiger partial charge on any atom is 0.167 e. The Morgan fingerprint density at radius 1 is 0.781 bits per heavy atom. The third kappa shape index (κ3) is 5.97. The van der Waals surface area contributed by atoms with Crippen LogP contribution in [0.1, 0.15) is 64.8 Å². The molecule has 0 fully saturated rings. The number of hydrogen-bond donors (Lipinski definition) is 2. The maximum absolute atomic E-state index is 12.9. The normalized spacial score (nSPS) is 10.8. The van der Waals surface area contributed by atoms with Gasteiger partial charge < -0.3 is 14.9 Å². The van der Waals surface area contributed by atoms with Gasteiger partial charge in [0.05, 0.1) is 17.7 Å². The van der Waals surface area contributed by atoms with Crippen molar-refractivity contribution in [2.75, 3.05) is 6.61 Å². The number of rotatable bonds is 11. The number of para-hydroxylation sites is 2. The molecule has 5 heteroatoms. The molecule has 0 heterocycles. The predicted molar refractivity (Wildman–Crippen MR) is 124 cm³/mol. The summed E-state index contributed by atoms with van der Waals surface area (Å²) < 4.78 is 5.71. The summed E-state index contributed by atoms with van der Waals surface area (Å²) in [7, 11) is 0. The molecule has 0 bridgehead atoms. The Hall–Kier alpha value is -3.60. The molecular weight excluding hydrogens is 404 g/mol. The molecule has 5 nitrogen and oxygen atoms in total. The first-order valence-corrected chi connectivity index (χ1v) is 10.8. The van der Waals surface area contributed by atoms with E-state index < -0.39 is 5.92 Å². The number of hydrogen-bond acceptors (Lipinski definition) is 5. The van der Waals surface area contributed by atoms with Crippen LogP contribution in [0.2, 0.25) is 0 Å². The monoisotopic (exact) mass is 432 g/mol. The molecule has 0 radical (unpaired) electrons. The number of carbonyl (C=O) groups is 2. The first-order valence-electron chi connectivity index (χ1n) is 10.8. The number of unbranched alkanes of at least 4 members (excludes halogenated alkanes) is 1. The first kappa shape index (κ1) is 23.1. The fourth-order valence-electron chi connectivity index (χ4n) is 3.56. The lowest BCUT2D eigenvalue weighted by atomic mass is 9.86. The van der Waals surface area contributed by atoms with Gasteiger partial charge >= 0.3 is 0 Å². The highest BCUT2D eigenvalue weighted by Gasteiger charge is 2.23. The third-order valence-corrected chi connectivity index (χ3v) is 5.39. The summed E-state index contributed by atoms with van der Waals surface area (Å²) in [5, 5.41) is 20.1. The molecular formula is C27H28O5. The van der Waals surface area contributed by atoms with Crippen molar-refractivity contribution in [3.8, 4) is 17.2 Å². The van der Waals surface area contributed by atoms with E-state index >= 15 is 0 Å². The Balaban J connectivity index is 1.83.